The average molecular weight is 467 g/mol. The first kappa shape index (κ1) is 22.3. The number of anilines is 1. The summed E-state index contributed by atoms with van der Waals surface area (Å²) < 4.78 is 65.8. The maximum atomic E-state index is 13.0. The van der Waals surface area contributed by atoms with E-state index in [1.165, 1.54) is 4.90 Å². The van der Waals surface area contributed by atoms with Gasteiger partial charge >= 0.3 is 12.2 Å². The van der Waals surface area contributed by atoms with Crippen LogP contribution in [0.2, 0.25) is 0 Å². The smallest absolute Gasteiger partial charge is 0.312 e. The van der Waals surface area contributed by atoms with Crippen molar-refractivity contribution in [2.45, 2.75) is 30.0 Å². The molecule has 0 aliphatic carbocycles. The molecule has 0 unspecified atom stereocenters. The Morgan fingerprint density at radius 2 is 1.56 bits per heavy atom. The molecule has 2 saturated heterocycles. The number of rotatable bonds is 4. The van der Waals surface area contributed by atoms with Gasteiger partial charge in [0, 0.05) is 19.1 Å². The van der Waals surface area contributed by atoms with Crippen molar-refractivity contribution in [1.82, 2.24) is 9.21 Å². The van der Waals surface area contributed by atoms with E-state index in [4.69, 9.17) is 0 Å². The van der Waals surface area contributed by atoms with E-state index in [1.54, 1.807) is 30.3 Å². The lowest BCUT2D eigenvalue weighted by molar-refractivity contribution is -0.137. The molecule has 11 heteroatoms. The summed E-state index contributed by atoms with van der Waals surface area (Å²) in [4.78, 5) is 27.4. The molecule has 2 aromatic rings. The van der Waals surface area contributed by atoms with Crippen molar-refractivity contribution in [3.63, 3.8) is 0 Å². The van der Waals surface area contributed by atoms with E-state index in [-0.39, 0.29) is 44.4 Å². The number of urea groups is 1. The highest BCUT2D eigenvalue weighted by Crippen LogP contribution is 2.32. The maximum Gasteiger partial charge on any atom is 0.416 e. The molecule has 0 aromatic heterocycles. The molecular weight excluding hydrogens is 447 g/mol. The predicted octanol–water partition coefficient (Wildman–Crippen LogP) is 3.33. The Bertz CT molecular complexity index is 1130. The summed E-state index contributed by atoms with van der Waals surface area (Å²) in [5.74, 6) is -0.361. The summed E-state index contributed by atoms with van der Waals surface area (Å²) in [6.07, 6.45) is -4.09. The number of carbonyl (C=O) groups is 2. The largest absolute Gasteiger partial charge is 0.416 e. The Labute approximate surface area is 183 Å². The van der Waals surface area contributed by atoms with Crippen LogP contribution in [-0.4, -0.2) is 55.2 Å². The molecule has 0 atom stereocenters. The molecule has 4 rings (SSSR count). The summed E-state index contributed by atoms with van der Waals surface area (Å²) in [5, 5.41) is 0. The maximum absolute atomic E-state index is 13.0. The minimum atomic E-state index is -4.65. The van der Waals surface area contributed by atoms with Gasteiger partial charge in [-0.15, -0.1) is 0 Å². The van der Waals surface area contributed by atoms with Gasteiger partial charge in [0.1, 0.15) is 6.54 Å². The van der Waals surface area contributed by atoms with Crippen LogP contribution in [0.4, 0.5) is 23.7 Å². The average Bonchev–Trinajstić information content (AvgIpc) is 3.08. The Morgan fingerprint density at radius 1 is 0.906 bits per heavy atom. The Balaban J connectivity index is 1.45. The lowest BCUT2D eigenvalue weighted by atomic mass is 10.1. The standard InChI is InChI=1S/C21H20F3N3O4S/c22-21(23,24)15-5-4-8-18(13-15)32(30,31)25-11-9-16(10-12-25)26-14-19(28)27(20(26)29)17-6-2-1-3-7-17/h1-8,13,16H,9-12,14H2. The van der Waals surface area contributed by atoms with Gasteiger partial charge in [0.2, 0.25) is 10.0 Å². The van der Waals surface area contributed by atoms with Gasteiger partial charge in [-0.2, -0.15) is 17.5 Å². The number of halogens is 3. The topological polar surface area (TPSA) is 78.0 Å². The van der Waals surface area contributed by atoms with Crippen molar-refractivity contribution in [2.75, 3.05) is 24.5 Å². The Kier molecular flexibility index (Phi) is 5.72. The van der Waals surface area contributed by atoms with Crippen LogP contribution >= 0.6 is 0 Å². The number of hydrogen-bond acceptors (Lipinski definition) is 4. The molecule has 32 heavy (non-hydrogen) atoms. The van der Waals surface area contributed by atoms with Crippen LogP contribution in [0.25, 0.3) is 0 Å². The van der Waals surface area contributed by atoms with E-state index in [9.17, 15) is 31.2 Å². The minimum Gasteiger partial charge on any atom is -0.312 e. The summed E-state index contributed by atoms with van der Waals surface area (Å²) in [7, 11) is -4.12. The fourth-order valence-electron chi connectivity index (χ4n) is 4.01. The van der Waals surface area contributed by atoms with Gasteiger partial charge in [0.25, 0.3) is 5.91 Å². The molecule has 7 nitrogen and oxygen atoms in total. The molecular formula is C21H20F3N3O4S. The molecule has 2 fully saturated rings. The molecule has 3 amide bonds. The Morgan fingerprint density at radius 3 is 2.19 bits per heavy atom. The van der Waals surface area contributed by atoms with Crippen LogP contribution in [0.15, 0.2) is 59.5 Å². The van der Waals surface area contributed by atoms with Crippen molar-refractivity contribution < 1.29 is 31.2 Å². The number of imide groups is 1. The predicted molar refractivity (Wildman–Crippen MR) is 109 cm³/mol. The van der Waals surface area contributed by atoms with Gasteiger partial charge in [-0.3, -0.25) is 4.79 Å². The SMILES string of the molecule is O=C1CN(C2CCN(S(=O)(=O)c3cccc(C(F)(F)F)c3)CC2)C(=O)N1c1ccccc1. The summed E-state index contributed by atoms with van der Waals surface area (Å²) >= 11 is 0. The number of hydrogen-bond donors (Lipinski definition) is 0. The quantitative estimate of drug-likeness (QED) is 0.647. The fourth-order valence-corrected chi connectivity index (χ4v) is 5.53. The highest BCUT2D eigenvalue weighted by Gasteiger charge is 2.42. The first-order chi connectivity index (χ1) is 15.1. The number of amides is 3. The molecule has 0 saturated carbocycles. The third-order valence-electron chi connectivity index (χ3n) is 5.67. The summed E-state index contributed by atoms with van der Waals surface area (Å²) in [6.45, 7) is -0.0299. The second kappa shape index (κ2) is 8.21. The second-order valence-corrected chi connectivity index (χ2v) is 9.57. The first-order valence-electron chi connectivity index (χ1n) is 9.95. The van der Waals surface area contributed by atoms with Crippen LogP contribution in [0.1, 0.15) is 18.4 Å². The lowest BCUT2D eigenvalue weighted by Gasteiger charge is -2.35. The van der Waals surface area contributed by atoms with Gasteiger partial charge in [0.05, 0.1) is 16.1 Å². The van der Waals surface area contributed by atoms with Crippen LogP contribution in [-0.2, 0) is 21.0 Å². The number of nitrogens with zero attached hydrogens (tertiary/aromatic N) is 3. The fraction of sp³-hybridized carbons (Fsp3) is 0.333. The minimum absolute atomic E-state index is 0.0343. The van der Waals surface area contributed by atoms with Crippen molar-refractivity contribution in [3.05, 3.63) is 60.2 Å². The highest BCUT2D eigenvalue weighted by atomic mass is 32.2. The third kappa shape index (κ3) is 4.09. The van der Waals surface area contributed by atoms with Crippen molar-refractivity contribution in [2.24, 2.45) is 0 Å². The van der Waals surface area contributed by atoms with Gasteiger partial charge in [-0.1, -0.05) is 24.3 Å². The van der Waals surface area contributed by atoms with E-state index in [0.29, 0.717) is 11.8 Å². The molecule has 2 aliphatic heterocycles. The number of sulfonamides is 1. The van der Waals surface area contributed by atoms with Gasteiger partial charge in [-0.25, -0.2) is 18.1 Å². The zero-order chi connectivity index (χ0) is 23.1. The van der Waals surface area contributed by atoms with Gasteiger partial charge in [-0.05, 0) is 43.2 Å². The number of para-hydroxylation sites is 1. The normalized spacial score (nSPS) is 19.1. The van der Waals surface area contributed by atoms with E-state index < -0.39 is 32.7 Å². The van der Waals surface area contributed by atoms with Crippen LogP contribution < -0.4 is 4.90 Å². The molecule has 0 N–H and O–H groups in total. The number of alkyl halides is 3. The van der Waals surface area contributed by atoms with Crippen molar-refractivity contribution in [1.29, 1.82) is 0 Å². The molecule has 2 aromatic carbocycles. The summed E-state index contributed by atoms with van der Waals surface area (Å²) in [6, 6.07) is 11.4. The number of benzene rings is 2. The van der Waals surface area contributed by atoms with Crippen LogP contribution in [0.5, 0.6) is 0 Å². The lowest BCUT2D eigenvalue weighted by Crippen LogP contribution is -2.48. The van der Waals surface area contributed by atoms with Crippen molar-refractivity contribution >= 4 is 27.6 Å². The first-order valence-corrected chi connectivity index (χ1v) is 11.4. The molecule has 0 radical (unpaired) electrons. The van der Waals surface area contributed by atoms with Gasteiger partial charge < -0.3 is 4.90 Å². The second-order valence-electron chi connectivity index (χ2n) is 7.64. The third-order valence-corrected chi connectivity index (χ3v) is 7.56. The molecule has 170 valence electrons. The monoisotopic (exact) mass is 467 g/mol. The zero-order valence-corrected chi connectivity index (χ0v) is 17.6. The van der Waals surface area contributed by atoms with Crippen LogP contribution in [0, 0.1) is 0 Å². The van der Waals surface area contributed by atoms with Crippen molar-refractivity contribution in [3.8, 4) is 0 Å². The van der Waals surface area contributed by atoms with E-state index >= 15 is 0 Å². The zero-order valence-electron chi connectivity index (χ0n) is 16.8. The van der Waals surface area contributed by atoms with E-state index in [0.717, 1.165) is 27.4 Å². The van der Waals surface area contributed by atoms with E-state index in [1.807, 2.05) is 0 Å². The number of piperidine rings is 1. The summed E-state index contributed by atoms with van der Waals surface area (Å²) in [5.41, 5.74) is -0.565. The van der Waals surface area contributed by atoms with E-state index in [2.05, 4.69) is 0 Å². The molecule has 0 bridgehead atoms. The Hall–Kier alpha value is -2.92. The van der Waals surface area contributed by atoms with Gasteiger partial charge in [0.15, 0.2) is 0 Å². The van der Waals surface area contributed by atoms with Crippen LogP contribution in [0.3, 0.4) is 0 Å². The highest BCUT2D eigenvalue weighted by molar-refractivity contribution is 7.89. The number of carbonyl (C=O) groups excluding carboxylic acids is 2. The molecule has 0 spiro atoms. The molecule has 2 heterocycles. The molecule has 2 aliphatic rings.